The Morgan fingerprint density at radius 1 is 1.22 bits per heavy atom. The third-order valence-corrected chi connectivity index (χ3v) is 3.95. The van der Waals surface area contributed by atoms with Crippen LogP contribution in [0.5, 0.6) is 0 Å². The summed E-state index contributed by atoms with van der Waals surface area (Å²) >= 11 is 0. The summed E-state index contributed by atoms with van der Waals surface area (Å²) in [5, 5.41) is 2.16. The van der Waals surface area contributed by atoms with Crippen molar-refractivity contribution in [2.75, 3.05) is 19.7 Å². The van der Waals surface area contributed by atoms with Gasteiger partial charge in [0.25, 0.3) is 0 Å². The standard InChI is InChI=1S/C14H28N2O2/c1-5-9-14(10-6-2)12(11-18-13(14)17)15-16(7-3)8-4/h12,15H,5-11H2,1-4H3/t12-/m0/s1. The first-order chi connectivity index (χ1) is 8.64. The zero-order valence-corrected chi connectivity index (χ0v) is 12.3. The van der Waals surface area contributed by atoms with E-state index in [9.17, 15) is 4.79 Å². The first-order valence-electron chi connectivity index (χ1n) is 7.32. The van der Waals surface area contributed by atoms with Crippen LogP contribution < -0.4 is 5.43 Å². The first kappa shape index (κ1) is 15.4. The molecule has 0 aromatic carbocycles. The molecule has 1 heterocycles. The van der Waals surface area contributed by atoms with Crippen LogP contribution in [0.2, 0.25) is 0 Å². The van der Waals surface area contributed by atoms with Gasteiger partial charge in [-0.2, -0.15) is 0 Å². The molecule has 18 heavy (non-hydrogen) atoms. The average Bonchev–Trinajstić information content (AvgIpc) is 2.65. The Morgan fingerprint density at radius 2 is 1.78 bits per heavy atom. The summed E-state index contributed by atoms with van der Waals surface area (Å²) in [6.07, 6.45) is 3.87. The van der Waals surface area contributed by atoms with E-state index in [-0.39, 0.29) is 17.4 Å². The number of nitrogens with zero attached hydrogens (tertiary/aromatic N) is 1. The summed E-state index contributed by atoms with van der Waals surface area (Å²) in [7, 11) is 0. The minimum atomic E-state index is -0.313. The minimum Gasteiger partial charge on any atom is -0.463 e. The number of nitrogens with one attached hydrogen (secondary N) is 1. The number of rotatable bonds is 8. The number of ether oxygens (including phenoxy) is 1. The molecule has 1 aliphatic heterocycles. The lowest BCUT2D eigenvalue weighted by Gasteiger charge is -2.34. The van der Waals surface area contributed by atoms with Gasteiger partial charge in [0.15, 0.2) is 0 Å². The smallest absolute Gasteiger partial charge is 0.313 e. The Labute approximate surface area is 111 Å². The van der Waals surface area contributed by atoms with Gasteiger partial charge in [-0.1, -0.05) is 40.5 Å². The molecule has 0 saturated carbocycles. The first-order valence-corrected chi connectivity index (χ1v) is 7.32. The number of hydrogen-bond acceptors (Lipinski definition) is 4. The van der Waals surface area contributed by atoms with Crippen molar-refractivity contribution in [2.24, 2.45) is 5.41 Å². The van der Waals surface area contributed by atoms with E-state index in [0.717, 1.165) is 38.8 Å². The van der Waals surface area contributed by atoms with Crippen LogP contribution in [0.15, 0.2) is 0 Å². The van der Waals surface area contributed by atoms with Crippen LogP contribution in [0, 0.1) is 5.41 Å². The van der Waals surface area contributed by atoms with Crippen LogP contribution in [-0.4, -0.2) is 36.7 Å². The Balaban J connectivity index is 2.83. The summed E-state index contributed by atoms with van der Waals surface area (Å²) in [5.41, 5.74) is 3.18. The fraction of sp³-hybridized carbons (Fsp3) is 0.929. The normalized spacial score (nSPS) is 22.5. The van der Waals surface area contributed by atoms with Crippen LogP contribution in [0.25, 0.3) is 0 Å². The quantitative estimate of drug-likeness (QED) is 0.534. The number of cyclic esters (lactones) is 1. The molecule has 0 aliphatic carbocycles. The van der Waals surface area contributed by atoms with Gasteiger partial charge in [-0.25, -0.2) is 10.4 Å². The van der Waals surface area contributed by atoms with Crippen molar-refractivity contribution < 1.29 is 9.53 Å². The van der Waals surface area contributed by atoms with E-state index in [1.807, 2.05) is 0 Å². The van der Waals surface area contributed by atoms with Gasteiger partial charge in [0, 0.05) is 13.1 Å². The van der Waals surface area contributed by atoms with E-state index < -0.39 is 0 Å². The molecule has 4 heteroatoms. The predicted octanol–water partition coefficient (Wildman–Crippen LogP) is 2.34. The highest BCUT2D eigenvalue weighted by atomic mass is 16.5. The summed E-state index contributed by atoms with van der Waals surface area (Å²) in [4.78, 5) is 12.2. The molecule has 0 radical (unpaired) electrons. The molecule has 106 valence electrons. The molecule has 0 aromatic rings. The molecule has 0 unspecified atom stereocenters. The van der Waals surface area contributed by atoms with Crippen LogP contribution in [0.1, 0.15) is 53.4 Å². The van der Waals surface area contributed by atoms with Crippen LogP contribution >= 0.6 is 0 Å². The van der Waals surface area contributed by atoms with Crippen LogP contribution in [-0.2, 0) is 9.53 Å². The Bertz CT molecular complexity index is 259. The van der Waals surface area contributed by atoms with E-state index in [1.165, 1.54) is 0 Å². The summed E-state index contributed by atoms with van der Waals surface area (Å²) in [6.45, 7) is 10.9. The van der Waals surface area contributed by atoms with E-state index in [4.69, 9.17) is 4.74 Å². The largest absolute Gasteiger partial charge is 0.463 e. The van der Waals surface area contributed by atoms with E-state index >= 15 is 0 Å². The van der Waals surface area contributed by atoms with Gasteiger partial charge in [0.05, 0.1) is 11.5 Å². The van der Waals surface area contributed by atoms with Gasteiger partial charge >= 0.3 is 5.97 Å². The number of esters is 1. The third-order valence-electron chi connectivity index (χ3n) is 3.95. The number of carbonyl (C=O) groups is 1. The van der Waals surface area contributed by atoms with Gasteiger partial charge in [-0.15, -0.1) is 0 Å². The third kappa shape index (κ3) is 3.04. The second kappa shape index (κ2) is 7.10. The summed E-state index contributed by atoms with van der Waals surface area (Å²) in [6, 6.07) is 0.129. The molecule has 0 aromatic heterocycles. The zero-order valence-electron chi connectivity index (χ0n) is 12.3. The highest BCUT2D eigenvalue weighted by Crippen LogP contribution is 2.39. The summed E-state index contributed by atoms with van der Waals surface area (Å²) < 4.78 is 5.35. The zero-order chi connectivity index (χ0) is 13.6. The minimum absolute atomic E-state index is 0.00384. The fourth-order valence-electron chi connectivity index (χ4n) is 2.96. The van der Waals surface area contributed by atoms with Crippen molar-refractivity contribution in [1.82, 2.24) is 10.4 Å². The van der Waals surface area contributed by atoms with Gasteiger partial charge < -0.3 is 4.74 Å². The monoisotopic (exact) mass is 256 g/mol. The van der Waals surface area contributed by atoms with Crippen molar-refractivity contribution in [3.63, 3.8) is 0 Å². The molecular formula is C14H28N2O2. The lowest BCUT2D eigenvalue weighted by Crippen LogP contribution is -2.53. The van der Waals surface area contributed by atoms with Gasteiger partial charge in [-0.05, 0) is 12.8 Å². The Hall–Kier alpha value is -0.610. The maximum Gasteiger partial charge on any atom is 0.313 e. The molecular weight excluding hydrogens is 228 g/mol. The highest BCUT2D eigenvalue weighted by Gasteiger charge is 2.51. The van der Waals surface area contributed by atoms with Crippen molar-refractivity contribution >= 4 is 5.97 Å². The van der Waals surface area contributed by atoms with E-state index in [2.05, 4.69) is 38.1 Å². The van der Waals surface area contributed by atoms with Gasteiger partial charge in [-0.3, -0.25) is 4.79 Å². The fourth-order valence-corrected chi connectivity index (χ4v) is 2.96. The van der Waals surface area contributed by atoms with E-state index in [0.29, 0.717) is 6.61 Å². The molecule has 4 nitrogen and oxygen atoms in total. The molecule has 1 atom stereocenters. The lowest BCUT2D eigenvalue weighted by atomic mass is 9.75. The molecule has 1 fully saturated rings. The maximum absolute atomic E-state index is 12.2. The van der Waals surface area contributed by atoms with Gasteiger partial charge in [0.1, 0.15) is 6.61 Å². The molecule has 0 bridgehead atoms. The number of carbonyl (C=O) groups excluding carboxylic acids is 1. The number of hydrogen-bond donors (Lipinski definition) is 1. The molecule has 1 saturated heterocycles. The molecule has 1 aliphatic rings. The second-order valence-electron chi connectivity index (χ2n) is 5.11. The van der Waals surface area contributed by atoms with Crippen molar-refractivity contribution in [1.29, 1.82) is 0 Å². The van der Waals surface area contributed by atoms with Gasteiger partial charge in [0.2, 0.25) is 0 Å². The lowest BCUT2D eigenvalue weighted by molar-refractivity contribution is -0.147. The predicted molar refractivity (Wildman–Crippen MR) is 73.1 cm³/mol. The Kier molecular flexibility index (Phi) is 6.09. The SMILES string of the molecule is CCCC1(CCC)C(=O)OC[C@@H]1NN(CC)CC. The molecule has 0 amide bonds. The van der Waals surface area contributed by atoms with Crippen molar-refractivity contribution in [3.05, 3.63) is 0 Å². The van der Waals surface area contributed by atoms with E-state index in [1.54, 1.807) is 0 Å². The molecule has 1 N–H and O–H groups in total. The molecule has 1 rings (SSSR count). The van der Waals surface area contributed by atoms with Crippen molar-refractivity contribution in [3.8, 4) is 0 Å². The number of hydrazine groups is 1. The van der Waals surface area contributed by atoms with Crippen LogP contribution in [0.4, 0.5) is 0 Å². The summed E-state index contributed by atoms with van der Waals surface area (Å²) in [5.74, 6) is -0.00384. The average molecular weight is 256 g/mol. The second-order valence-corrected chi connectivity index (χ2v) is 5.11. The Morgan fingerprint density at radius 3 is 2.22 bits per heavy atom. The maximum atomic E-state index is 12.2. The highest BCUT2D eigenvalue weighted by molar-refractivity contribution is 5.80. The molecule has 0 spiro atoms. The van der Waals surface area contributed by atoms with Crippen molar-refractivity contribution in [2.45, 2.75) is 59.4 Å². The van der Waals surface area contributed by atoms with Crippen LogP contribution in [0.3, 0.4) is 0 Å². The topological polar surface area (TPSA) is 41.6 Å².